The molecule has 0 aliphatic carbocycles. The van der Waals surface area contributed by atoms with Gasteiger partial charge in [-0.1, -0.05) is 18.2 Å². The maximum atomic E-state index is 12.3. The van der Waals surface area contributed by atoms with Crippen LogP contribution in [0, 0.1) is 0 Å². The summed E-state index contributed by atoms with van der Waals surface area (Å²) >= 11 is 0. The van der Waals surface area contributed by atoms with E-state index in [1.54, 1.807) is 6.26 Å². The number of amides is 1. The minimum atomic E-state index is 0.162. The van der Waals surface area contributed by atoms with Gasteiger partial charge in [0.1, 0.15) is 6.26 Å². The average Bonchev–Trinajstić information content (AvgIpc) is 2.97. The number of fused-ring (bicyclic) bond motifs is 1. The molecule has 4 nitrogen and oxygen atoms in total. The van der Waals surface area contributed by atoms with Gasteiger partial charge in [0.15, 0.2) is 6.39 Å². The van der Waals surface area contributed by atoms with Crippen molar-refractivity contribution in [2.45, 2.75) is 25.7 Å². The monoisotopic (exact) mass is 256 g/mol. The Hall–Kier alpha value is -2.10. The molecule has 4 heteroatoms. The van der Waals surface area contributed by atoms with Gasteiger partial charge in [0.05, 0.1) is 5.69 Å². The quantitative estimate of drug-likeness (QED) is 0.848. The minimum absolute atomic E-state index is 0.162. The molecular weight excluding hydrogens is 240 g/mol. The van der Waals surface area contributed by atoms with E-state index in [1.165, 1.54) is 12.0 Å². The Morgan fingerprint density at radius 3 is 3.11 bits per heavy atom. The molecule has 98 valence electrons. The second-order valence-corrected chi connectivity index (χ2v) is 4.76. The molecule has 0 saturated carbocycles. The lowest BCUT2D eigenvalue weighted by atomic mass is 10.0. The lowest BCUT2D eigenvalue weighted by Crippen LogP contribution is -2.35. The molecule has 2 aromatic rings. The van der Waals surface area contributed by atoms with Crippen LogP contribution in [-0.2, 0) is 17.6 Å². The Balaban J connectivity index is 1.71. The van der Waals surface area contributed by atoms with E-state index in [0.717, 1.165) is 30.8 Å². The Labute approximate surface area is 112 Å². The smallest absolute Gasteiger partial charge is 0.227 e. The number of oxazole rings is 1. The Kier molecular flexibility index (Phi) is 3.31. The van der Waals surface area contributed by atoms with Crippen molar-refractivity contribution in [2.75, 3.05) is 11.4 Å². The van der Waals surface area contributed by atoms with Crippen molar-refractivity contribution >= 4 is 11.6 Å². The highest BCUT2D eigenvalue weighted by atomic mass is 16.3. The molecule has 19 heavy (non-hydrogen) atoms. The summed E-state index contributed by atoms with van der Waals surface area (Å²) in [5.74, 6) is 0.162. The number of aryl methyl sites for hydroxylation is 2. The van der Waals surface area contributed by atoms with Crippen LogP contribution < -0.4 is 4.90 Å². The standard InChI is InChI=1S/C15H16N2O2/c18-15(8-7-13-10-19-11-16-13)17-9-3-5-12-4-1-2-6-14(12)17/h1-2,4,6,10-11H,3,5,7-9H2. The molecule has 2 heterocycles. The number of hydrogen-bond donors (Lipinski definition) is 0. The SMILES string of the molecule is O=C(CCc1cocn1)N1CCCc2ccccc21. The van der Waals surface area contributed by atoms with Crippen molar-refractivity contribution in [1.82, 2.24) is 4.98 Å². The highest BCUT2D eigenvalue weighted by Gasteiger charge is 2.21. The molecule has 1 aliphatic rings. The zero-order valence-corrected chi connectivity index (χ0v) is 10.7. The summed E-state index contributed by atoms with van der Waals surface area (Å²) in [6, 6.07) is 8.15. The van der Waals surface area contributed by atoms with E-state index in [2.05, 4.69) is 11.1 Å². The third-order valence-electron chi connectivity index (χ3n) is 3.49. The third kappa shape index (κ3) is 2.52. The summed E-state index contributed by atoms with van der Waals surface area (Å²) in [5.41, 5.74) is 3.17. The highest BCUT2D eigenvalue weighted by molar-refractivity contribution is 5.94. The number of rotatable bonds is 3. The molecule has 1 aromatic carbocycles. The van der Waals surface area contributed by atoms with Gasteiger partial charge in [-0.05, 0) is 24.5 Å². The fourth-order valence-electron chi connectivity index (χ4n) is 2.52. The van der Waals surface area contributed by atoms with Gasteiger partial charge in [-0.15, -0.1) is 0 Å². The Morgan fingerprint density at radius 1 is 1.37 bits per heavy atom. The van der Waals surface area contributed by atoms with Crippen LogP contribution in [0.15, 0.2) is 41.3 Å². The van der Waals surface area contributed by atoms with E-state index in [-0.39, 0.29) is 5.91 Å². The van der Waals surface area contributed by atoms with Crippen molar-refractivity contribution in [2.24, 2.45) is 0 Å². The topological polar surface area (TPSA) is 46.3 Å². The minimum Gasteiger partial charge on any atom is -0.451 e. The normalized spacial score (nSPS) is 14.2. The molecule has 0 radical (unpaired) electrons. The number of carbonyl (C=O) groups is 1. The molecule has 1 amide bonds. The van der Waals surface area contributed by atoms with Gasteiger partial charge in [-0.25, -0.2) is 4.98 Å². The molecule has 0 fully saturated rings. The summed E-state index contributed by atoms with van der Waals surface area (Å²) in [6.45, 7) is 0.814. The number of benzene rings is 1. The number of hydrogen-bond acceptors (Lipinski definition) is 3. The Bertz CT molecular complexity index is 563. The number of anilines is 1. The van der Waals surface area contributed by atoms with Crippen molar-refractivity contribution in [3.05, 3.63) is 48.2 Å². The lowest BCUT2D eigenvalue weighted by Gasteiger charge is -2.29. The second-order valence-electron chi connectivity index (χ2n) is 4.76. The molecular formula is C15H16N2O2. The van der Waals surface area contributed by atoms with Gasteiger partial charge in [-0.2, -0.15) is 0 Å². The molecule has 0 bridgehead atoms. The molecule has 1 aliphatic heterocycles. The summed E-state index contributed by atoms with van der Waals surface area (Å²) in [7, 11) is 0. The van der Waals surface area contributed by atoms with Crippen LogP contribution in [0.1, 0.15) is 24.1 Å². The zero-order chi connectivity index (χ0) is 13.1. The highest BCUT2D eigenvalue weighted by Crippen LogP contribution is 2.27. The van der Waals surface area contributed by atoms with Crippen LogP contribution in [-0.4, -0.2) is 17.4 Å². The molecule has 0 unspecified atom stereocenters. The first-order valence-corrected chi connectivity index (χ1v) is 6.60. The lowest BCUT2D eigenvalue weighted by molar-refractivity contribution is -0.118. The maximum Gasteiger partial charge on any atom is 0.227 e. The summed E-state index contributed by atoms with van der Waals surface area (Å²) in [4.78, 5) is 18.3. The van der Waals surface area contributed by atoms with E-state index in [9.17, 15) is 4.79 Å². The first-order valence-electron chi connectivity index (χ1n) is 6.60. The Morgan fingerprint density at radius 2 is 2.26 bits per heavy atom. The first-order chi connectivity index (χ1) is 9.34. The molecule has 0 saturated heterocycles. The van der Waals surface area contributed by atoms with Crippen LogP contribution in [0.4, 0.5) is 5.69 Å². The average molecular weight is 256 g/mol. The van der Waals surface area contributed by atoms with Crippen LogP contribution in [0.5, 0.6) is 0 Å². The van der Waals surface area contributed by atoms with Crippen LogP contribution in [0.2, 0.25) is 0 Å². The fourth-order valence-corrected chi connectivity index (χ4v) is 2.52. The van der Waals surface area contributed by atoms with Crippen molar-refractivity contribution in [3.63, 3.8) is 0 Å². The van der Waals surface area contributed by atoms with E-state index in [4.69, 9.17) is 4.42 Å². The van der Waals surface area contributed by atoms with Crippen LogP contribution >= 0.6 is 0 Å². The van der Waals surface area contributed by atoms with Gasteiger partial charge in [0.2, 0.25) is 5.91 Å². The molecule has 3 rings (SSSR count). The van der Waals surface area contributed by atoms with Crippen molar-refractivity contribution in [3.8, 4) is 0 Å². The number of carbonyl (C=O) groups excluding carboxylic acids is 1. The van der Waals surface area contributed by atoms with Crippen molar-refractivity contribution in [1.29, 1.82) is 0 Å². The fraction of sp³-hybridized carbons (Fsp3) is 0.333. The van der Waals surface area contributed by atoms with Crippen molar-refractivity contribution < 1.29 is 9.21 Å². The predicted octanol–water partition coefficient (Wildman–Crippen LogP) is 2.59. The van der Waals surface area contributed by atoms with Crippen LogP contribution in [0.25, 0.3) is 0 Å². The third-order valence-corrected chi connectivity index (χ3v) is 3.49. The molecule has 0 N–H and O–H groups in total. The summed E-state index contributed by atoms with van der Waals surface area (Å²) in [6.07, 6.45) is 6.19. The largest absolute Gasteiger partial charge is 0.451 e. The van der Waals surface area contributed by atoms with Gasteiger partial charge >= 0.3 is 0 Å². The predicted molar refractivity (Wildman–Crippen MR) is 71.9 cm³/mol. The van der Waals surface area contributed by atoms with Gasteiger partial charge < -0.3 is 9.32 Å². The molecule has 1 aromatic heterocycles. The second kappa shape index (κ2) is 5.26. The van der Waals surface area contributed by atoms with Gasteiger partial charge in [0.25, 0.3) is 0 Å². The number of para-hydroxylation sites is 1. The van der Waals surface area contributed by atoms with E-state index in [0.29, 0.717) is 12.8 Å². The number of nitrogens with zero attached hydrogens (tertiary/aromatic N) is 2. The number of aromatic nitrogens is 1. The zero-order valence-electron chi connectivity index (χ0n) is 10.7. The molecule has 0 atom stereocenters. The maximum absolute atomic E-state index is 12.3. The summed E-state index contributed by atoms with van der Waals surface area (Å²) < 4.78 is 4.91. The molecule has 0 spiro atoms. The van der Waals surface area contributed by atoms with Gasteiger partial charge in [-0.3, -0.25) is 4.79 Å². The summed E-state index contributed by atoms with van der Waals surface area (Å²) in [5, 5.41) is 0. The van der Waals surface area contributed by atoms with E-state index < -0.39 is 0 Å². The van der Waals surface area contributed by atoms with Gasteiger partial charge in [0, 0.05) is 25.1 Å². The van der Waals surface area contributed by atoms with E-state index >= 15 is 0 Å². The first kappa shape index (κ1) is 12.0. The van der Waals surface area contributed by atoms with E-state index in [1.807, 2.05) is 23.1 Å². The van der Waals surface area contributed by atoms with Crippen LogP contribution in [0.3, 0.4) is 0 Å².